The monoisotopic (exact) mass is 341 g/mol. The van der Waals surface area contributed by atoms with Crippen molar-refractivity contribution in [3.05, 3.63) is 24.3 Å². The lowest BCUT2D eigenvalue weighted by atomic mass is 10.2. The molecule has 1 aromatic carbocycles. The molecule has 0 unspecified atom stereocenters. The van der Waals surface area contributed by atoms with E-state index in [1.54, 1.807) is 31.4 Å². The maximum atomic E-state index is 12.3. The molecule has 0 bridgehead atoms. The molecule has 1 aliphatic heterocycles. The van der Waals surface area contributed by atoms with Crippen molar-refractivity contribution >= 4 is 21.6 Å². The van der Waals surface area contributed by atoms with Crippen LogP contribution in [0, 0.1) is 0 Å². The van der Waals surface area contributed by atoms with Gasteiger partial charge in [-0.3, -0.25) is 9.69 Å². The molecular formula is C15H23N3O4S. The number of sulfonamides is 1. The molecule has 1 amide bonds. The van der Waals surface area contributed by atoms with Gasteiger partial charge in [-0.2, -0.15) is 4.31 Å². The van der Waals surface area contributed by atoms with Crippen molar-refractivity contribution in [2.24, 2.45) is 0 Å². The van der Waals surface area contributed by atoms with Crippen LogP contribution in [0.15, 0.2) is 24.3 Å². The fourth-order valence-corrected chi connectivity index (χ4v) is 3.34. The summed E-state index contributed by atoms with van der Waals surface area (Å²) >= 11 is 0. The summed E-state index contributed by atoms with van der Waals surface area (Å²) in [6, 6.07) is 6.81. The number of rotatable bonds is 5. The van der Waals surface area contributed by atoms with Crippen molar-refractivity contribution in [1.82, 2.24) is 9.21 Å². The maximum absolute atomic E-state index is 12.3. The Bertz CT molecular complexity index is 637. The molecule has 1 aliphatic rings. The van der Waals surface area contributed by atoms with Gasteiger partial charge in [0.05, 0.1) is 19.4 Å². The molecule has 0 aliphatic carbocycles. The molecule has 0 saturated carbocycles. The fourth-order valence-electron chi connectivity index (χ4n) is 2.51. The minimum absolute atomic E-state index is 0.108. The van der Waals surface area contributed by atoms with E-state index in [1.807, 2.05) is 11.8 Å². The molecule has 7 nitrogen and oxygen atoms in total. The van der Waals surface area contributed by atoms with Gasteiger partial charge in [-0.05, 0) is 31.2 Å². The molecule has 1 fully saturated rings. The summed E-state index contributed by atoms with van der Waals surface area (Å²) in [5.41, 5.74) is 0.706. The number of carbonyl (C=O) groups is 1. The molecular weight excluding hydrogens is 318 g/mol. The lowest BCUT2D eigenvalue weighted by Gasteiger charge is -2.36. The van der Waals surface area contributed by atoms with Crippen LogP contribution in [0.1, 0.15) is 6.92 Å². The standard InChI is InChI=1S/C15H23N3O4S/c1-12(17-8-10-18(11-9-17)23(3,20)21)15(19)16-13-4-6-14(22-2)7-5-13/h4-7,12H,8-11H2,1-3H3,(H,16,19)/t12-/m1/s1. The van der Waals surface area contributed by atoms with E-state index in [2.05, 4.69) is 5.32 Å². The smallest absolute Gasteiger partial charge is 0.241 e. The fraction of sp³-hybridized carbons (Fsp3) is 0.533. The number of carbonyl (C=O) groups excluding carboxylic acids is 1. The van der Waals surface area contributed by atoms with Crippen molar-refractivity contribution in [3.8, 4) is 5.75 Å². The van der Waals surface area contributed by atoms with E-state index in [9.17, 15) is 13.2 Å². The number of ether oxygens (including phenoxy) is 1. The van der Waals surface area contributed by atoms with Crippen LogP contribution in [0.4, 0.5) is 5.69 Å². The number of piperazine rings is 1. The minimum Gasteiger partial charge on any atom is -0.497 e. The van der Waals surface area contributed by atoms with Gasteiger partial charge in [0.25, 0.3) is 0 Å². The van der Waals surface area contributed by atoms with Gasteiger partial charge in [0.2, 0.25) is 15.9 Å². The van der Waals surface area contributed by atoms with Crippen molar-refractivity contribution in [3.63, 3.8) is 0 Å². The quantitative estimate of drug-likeness (QED) is 0.848. The average molecular weight is 341 g/mol. The Labute approximate surface area is 137 Å². The van der Waals surface area contributed by atoms with E-state index in [-0.39, 0.29) is 11.9 Å². The van der Waals surface area contributed by atoms with Crippen LogP contribution >= 0.6 is 0 Å². The first kappa shape index (κ1) is 17.7. The molecule has 1 saturated heterocycles. The van der Waals surface area contributed by atoms with Gasteiger partial charge in [0, 0.05) is 31.9 Å². The zero-order valence-corrected chi connectivity index (χ0v) is 14.5. The van der Waals surface area contributed by atoms with Crippen LogP contribution in [-0.2, 0) is 14.8 Å². The molecule has 1 heterocycles. The lowest BCUT2D eigenvalue weighted by molar-refractivity contribution is -0.121. The number of hydrogen-bond donors (Lipinski definition) is 1. The van der Waals surface area contributed by atoms with E-state index in [4.69, 9.17) is 4.74 Å². The molecule has 23 heavy (non-hydrogen) atoms. The van der Waals surface area contributed by atoms with Crippen molar-refractivity contribution in [2.75, 3.05) is 44.9 Å². The highest BCUT2D eigenvalue weighted by Gasteiger charge is 2.28. The van der Waals surface area contributed by atoms with Crippen LogP contribution in [0.3, 0.4) is 0 Å². The van der Waals surface area contributed by atoms with E-state index in [0.717, 1.165) is 5.75 Å². The van der Waals surface area contributed by atoms with Crippen LogP contribution in [0.5, 0.6) is 5.75 Å². The molecule has 0 radical (unpaired) electrons. The van der Waals surface area contributed by atoms with Crippen LogP contribution in [0.2, 0.25) is 0 Å². The van der Waals surface area contributed by atoms with Gasteiger partial charge in [-0.25, -0.2) is 8.42 Å². The van der Waals surface area contributed by atoms with Gasteiger partial charge >= 0.3 is 0 Å². The van der Waals surface area contributed by atoms with Crippen LogP contribution in [0.25, 0.3) is 0 Å². The number of amides is 1. The Balaban J connectivity index is 1.90. The number of nitrogens with one attached hydrogen (secondary N) is 1. The Kier molecular flexibility index (Phi) is 5.61. The molecule has 0 spiro atoms. The zero-order valence-electron chi connectivity index (χ0n) is 13.7. The first-order valence-corrected chi connectivity index (χ1v) is 9.30. The largest absolute Gasteiger partial charge is 0.497 e. The Morgan fingerprint density at radius 3 is 2.22 bits per heavy atom. The second-order valence-electron chi connectivity index (χ2n) is 5.59. The SMILES string of the molecule is COc1ccc(NC(=O)[C@@H](C)N2CCN(S(C)(=O)=O)CC2)cc1. The Morgan fingerprint density at radius 2 is 1.74 bits per heavy atom. The predicted molar refractivity (Wildman–Crippen MR) is 89.1 cm³/mol. The van der Waals surface area contributed by atoms with E-state index in [0.29, 0.717) is 31.9 Å². The second kappa shape index (κ2) is 7.29. The minimum atomic E-state index is -3.16. The number of benzene rings is 1. The molecule has 0 aromatic heterocycles. The third-order valence-electron chi connectivity index (χ3n) is 4.03. The summed E-state index contributed by atoms with van der Waals surface area (Å²) in [7, 11) is -1.57. The highest BCUT2D eigenvalue weighted by atomic mass is 32.2. The third kappa shape index (κ3) is 4.66. The number of methoxy groups -OCH3 is 1. The molecule has 1 atom stereocenters. The average Bonchev–Trinajstić information content (AvgIpc) is 2.54. The topological polar surface area (TPSA) is 79.0 Å². The number of anilines is 1. The normalized spacial score (nSPS) is 18.4. The van der Waals surface area contributed by atoms with E-state index in [1.165, 1.54) is 10.6 Å². The Morgan fingerprint density at radius 1 is 1.17 bits per heavy atom. The highest BCUT2D eigenvalue weighted by molar-refractivity contribution is 7.88. The zero-order chi connectivity index (χ0) is 17.0. The van der Waals surface area contributed by atoms with Crippen LogP contribution < -0.4 is 10.1 Å². The lowest BCUT2D eigenvalue weighted by Crippen LogP contribution is -2.53. The van der Waals surface area contributed by atoms with E-state index < -0.39 is 10.0 Å². The first-order valence-electron chi connectivity index (χ1n) is 7.45. The van der Waals surface area contributed by atoms with Crippen molar-refractivity contribution in [2.45, 2.75) is 13.0 Å². The Hall–Kier alpha value is -1.64. The summed E-state index contributed by atoms with van der Waals surface area (Å²) in [6.07, 6.45) is 1.21. The maximum Gasteiger partial charge on any atom is 0.241 e. The predicted octanol–water partition coefficient (Wildman–Crippen LogP) is 0.599. The summed E-state index contributed by atoms with van der Waals surface area (Å²) in [5.74, 6) is 0.621. The first-order chi connectivity index (χ1) is 10.8. The van der Waals surface area contributed by atoms with Gasteiger partial charge in [0.1, 0.15) is 5.75 Å². The van der Waals surface area contributed by atoms with Crippen LogP contribution in [-0.4, -0.2) is 69.1 Å². The molecule has 2 rings (SSSR count). The summed E-state index contributed by atoms with van der Waals surface area (Å²) in [5, 5.41) is 2.86. The van der Waals surface area contributed by atoms with Gasteiger partial charge in [-0.15, -0.1) is 0 Å². The molecule has 128 valence electrons. The number of hydrogen-bond acceptors (Lipinski definition) is 5. The van der Waals surface area contributed by atoms with Gasteiger partial charge < -0.3 is 10.1 Å². The van der Waals surface area contributed by atoms with Crippen molar-refractivity contribution in [1.29, 1.82) is 0 Å². The van der Waals surface area contributed by atoms with Crippen molar-refractivity contribution < 1.29 is 17.9 Å². The number of nitrogens with zero attached hydrogens (tertiary/aromatic N) is 2. The van der Waals surface area contributed by atoms with Gasteiger partial charge in [0.15, 0.2) is 0 Å². The summed E-state index contributed by atoms with van der Waals surface area (Å²) in [6.45, 7) is 3.75. The second-order valence-corrected chi connectivity index (χ2v) is 7.57. The molecule has 1 aromatic rings. The summed E-state index contributed by atoms with van der Waals surface area (Å²) < 4.78 is 29.5. The highest BCUT2D eigenvalue weighted by Crippen LogP contribution is 2.16. The molecule has 1 N–H and O–H groups in total. The van der Waals surface area contributed by atoms with E-state index >= 15 is 0 Å². The molecule has 8 heteroatoms. The third-order valence-corrected chi connectivity index (χ3v) is 5.33. The van der Waals surface area contributed by atoms with Gasteiger partial charge in [-0.1, -0.05) is 0 Å². The summed E-state index contributed by atoms with van der Waals surface area (Å²) in [4.78, 5) is 14.3.